The summed E-state index contributed by atoms with van der Waals surface area (Å²) in [5, 5.41) is 8.94. The number of furan rings is 1. The first-order chi connectivity index (χ1) is 26.2. The van der Waals surface area contributed by atoms with Crippen LogP contribution in [0.2, 0.25) is 0 Å². The van der Waals surface area contributed by atoms with Gasteiger partial charge in [-0.2, -0.15) is 0 Å². The second kappa shape index (κ2) is 11.7. The van der Waals surface area contributed by atoms with E-state index in [4.69, 9.17) is 13.8 Å². The topological polar surface area (TPSA) is 42.4 Å². The highest BCUT2D eigenvalue weighted by Crippen LogP contribution is 2.43. The third-order valence-electron chi connectivity index (χ3n) is 10.4. The number of hydrogen-bond acceptors (Lipinski definition) is 4. The van der Waals surface area contributed by atoms with Gasteiger partial charge in [-0.05, 0) is 111 Å². The summed E-state index contributed by atoms with van der Waals surface area (Å²) in [5.41, 5.74) is 9.83. The molecule has 0 fully saturated rings. The molecule has 4 nitrogen and oxygen atoms in total. The highest BCUT2D eigenvalue weighted by atomic mass is 16.3. The Kier molecular flexibility index (Phi) is 6.52. The lowest BCUT2D eigenvalue weighted by Gasteiger charge is -2.26. The third kappa shape index (κ3) is 4.88. The Bertz CT molecular complexity index is 3160. The Balaban J connectivity index is 1.13. The minimum absolute atomic E-state index is 0.620. The Morgan fingerprint density at radius 3 is 1.75 bits per heavy atom. The molecule has 2 aromatic heterocycles. The Morgan fingerprint density at radius 2 is 0.962 bits per heavy atom. The first kappa shape index (κ1) is 29.5. The molecule has 0 saturated carbocycles. The molecule has 2 heterocycles. The lowest BCUT2D eigenvalue weighted by atomic mass is 9.99. The monoisotopic (exact) mass is 678 g/mol. The highest BCUT2D eigenvalue weighted by Gasteiger charge is 2.19. The molecule has 0 spiro atoms. The maximum atomic E-state index is 6.58. The van der Waals surface area contributed by atoms with E-state index in [0.717, 1.165) is 77.2 Å². The van der Waals surface area contributed by atoms with Gasteiger partial charge in [-0.25, -0.2) is 4.98 Å². The number of anilines is 3. The molecule has 0 saturated heterocycles. The van der Waals surface area contributed by atoms with Crippen LogP contribution in [0.3, 0.4) is 0 Å². The van der Waals surface area contributed by atoms with Crippen LogP contribution in [0.5, 0.6) is 0 Å². The summed E-state index contributed by atoms with van der Waals surface area (Å²) >= 11 is 0. The van der Waals surface area contributed by atoms with Crippen LogP contribution in [0.15, 0.2) is 191 Å². The second-order valence-corrected chi connectivity index (χ2v) is 13.6. The molecule has 0 aliphatic rings. The average Bonchev–Trinajstić information content (AvgIpc) is 3.82. The molecule has 0 aliphatic heterocycles. The van der Waals surface area contributed by atoms with Gasteiger partial charge in [0.25, 0.3) is 0 Å². The number of oxazole rings is 1. The van der Waals surface area contributed by atoms with Gasteiger partial charge >= 0.3 is 0 Å². The van der Waals surface area contributed by atoms with E-state index in [1.165, 1.54) is 21.9 Å². The molecule has 0 N–H and O–H groups in total. The predicted molar refractivity (Wildman–Crippen MR) is 219 cm³/mol. The quantitative estimate of drug-likeness (QED) is 0.170. The molecule has 4 heteroatoms. The third-order valence-corrected chi connectivity index (χ3v) is 10.4. The van der Waals surface area contributed by atoms with Crippen LogP contribution in [-0.2, 0) is 0 Å². The molecule has 0 radical (unpaired) electrons. The van der Waals surface area contributed by atoms with E-state index in [2.05, 4.69) is 157 Å². The van der Waals surface area contributed by atoms with Gasteiger partial charge in [0.2, 0.25) is 5.89 Å². The fourth-order valence-electron chi connectivity index (χ4n) is 7.82. The molecule has 11 aromatic rings. The lowest BCUT2D eigenvalue weighted by Crippen LogP contribution is -2.09. The van der Waals surface area contributed by atoms with Gasteiger partial charge in [-0.3, -0.25) is 0 Å². The molecule has 0 amide bonds. The molecule has 9 aromatic carbocycles. The molecule has 53 heavy (non-hydrogen) atoms. The molecule has 0 bridgehead atoms. The van der Waals surface area contributed by atoms with E-state index in [-0.39, 0.29) is 0 Å². The summed E-state index contributed by atoms with van der Waals surface area (Å²) in [6.45, 7) is 0. The zero-order chi connectivity index (χ0) is 34.9. The first-order valence-electron chi connectivity index (χ1n) is 17.9. The molecule has 0 unspecified atom stereocenters. The van der Waals surface area contributed by atoms with E-state index in [0.29, 0.717) is 5.89 Å². The number of nitrogens with zero attached hydrogens (tertiary/aromatic N) is 2. The van der Waals surface area contributed by atoms with E-state index in [1.807, 2.05) is 30.3 Å². The standard InChI is InChI=1S/C49H30N2O2/c1-3-9-31(10-4-1)32-17-21-38(22-18-32)51(40-24-26-45-43(30-40)42-27-36-13-7-8-14-37(36)28-46(42)52-45)39-23-19-33-15-16-34-20-25-44-48(47(34)41(33)29-39)53-49(50-44)35-11-5-2-6-12-35/h1-30H. The van der Waals surface area contributed by atoms with Gasteiger partial charge in [0.15, 0.2) is 5.58 Å². The van der Waals surface area contributed by atoms with Crippen molar-refractivity contribution >= 4 is 82.4 Å². The van der Waals surface area contributed by atoms with E-state index in [1.54, 1.807) is 0 Å². The summed E-state index contributed by atoms with van der Waals surface area (Å²) in [4.78, 5) is 7.24. The fraction of sp³-hybridized carbons (Fsp3) is 0. The zero-order valence-electron chi connectivity index (χ0n) is 28.5. The summed E-state index contributed by atoms with van der Waals surface area (Å²) in [6, 6.07) is 64.0. The largest absolute Gasteiger partial charge is 0.456 e. The van der Waals surface area contributed by atoms with Gasteiger partial charge in [0, 0.05) is 38.8 Å². The van der Waals surface area contributed by atoms with Crippen molar-refractivity contribution in [2.24, 2.45) is 0 Å². The van der Waals surface area contributed by atoms with Crippen molar-refractivity contribution in [1.29, 1.82) is 0 Å². The van der Waals surface area contributed by atoms with E-state index < -0.39 is 0 Å². The van der Waals surface area contributed by atoms with E-state index in [9.17, 15) is 0 Å². The van der Waals surface area contributed by atoms with Crippen LogP contribution in [0.25, 0.3) is 87.9 Å². The number of benzene rings is 9. The van der Waals surface area contributed by atoms with Crippen molar-refractivity contribution < 1.29 is 8.83 Å². The molecular weight excluding hydrogens is 649 g/mol. The maximum absolute atomic E-state index is 6.58. The Labute approximate surface area is 304 Å². The summed E-state index contributed by atoms with van der Waals surface area (Å²) in [7, 11) is 0. The fourth-order valence-corrected chi connectivity index (χ4v) is 7.82. The van der Waals surface area contributed by atoms with Gasteiger partial charge in [0.1, 0.15) is 16.7 Å². The Hall–Kier alpha value is -7.17. The van der Waals surface area contributed by atoms with Crippen molar-refractivity contribution in [2.75, 3.05) is 4.90 Å². The van der Waals surface area contributed by atoms with Crippen molar-refractivity contribution in [3.8, 4) is 22.6 Å². The summed E-state index contributed by atoms with van der Waals surface area (Å²) in [5.74, 6) is 0.620. The second-order valence-electron chi connectivity index (χ2n) is 13.6. The van der Waals surface area contributed by atoms with Crippen LogP contribution in [0.1, 0.15) is 0 Å². The number of aromatic nitrogens is 1. The average molecular weight is 679 g/mol. The van der Waals surface area contributed by atoms with Crippen LogP contribution >= 0.6 is 0 Å². The molecule has 248 valence electrons. The zero-order valence-corrected chi connectivity index (χ0v) is 28.5. The van der Waals surface area contributed by atoms with Crippen LogP contribution < -0.4 is 4.90 Å². The highest BCUT2D eigenvalue weighted by molar-refractivity contribution is 6.19. The van der Waals surface area contributed by atoms with Crippen molar-refractivity contribution in [3.63, 3.8) is 0 Å². The van der Waals surface area contributed by atoms with E-state index >= 15 is 0 Å². The maximum Gasteiger partial charge on any atom is 0.227 e. The Morgan fingerprint density at radius 1 is 0.377 bits per heavy atom. The van der Waals surface area contributed by atoms with Crippen molar-refractivity contribution in [2.45, 2.75) is 0 Å². The minimum atomic E-state index is 0.620. The molecule has 0 atom stereocenters. The minimum Gasteiger partial charge on any atom is -0.456 e. The number of hydrogen-bond donors (Lipinski definition) is 0. The molecule has 11 rings (SSSR count). The van der Waals surface area contributed by atoms with Gasteiger partial charge in [0.05, 0.1) is 0 Å². The van der Waals surface area contributed by atoms with Crippen LogP contribution in [0, 0.1) is 0 Å². The van der Waals surface area contributed by atoms with Crippen molar-refractivity contribution in [3.05, 3.63) is 182 Å². The van der Waals surface area contributed by atoms with Gasteiger partial charge in [-0.15, -0.1) is 0 Å². The molecule has 0 aliphatic carbocycles. The summed E-state index contributed by atoms with van der Waals surface area (Å²) in [6.07, 6.45) is 0. The van der Waals surface area contributed by atoms with Crippen LogP contribution in [-0.4, -0.2) is 4.98 Å². The first-order valence-corrected chi connectivity index (χ1v) is 17.9. The SMILES string of the molecule is c1ccc(-c2ccc(N(c3ccc4oc5cc6ccccc6cc5c4c3)c3ccc4ccc5ccc6nc(-c7ccccc7)oc6c5c4c3)cc2)cc1. The molecular formula is C49H30N2O2. The van der Waals surface area contributed by atoms with Crippen LogP contribution in [0.4, 0.5) is 17.1 Å². The van der Waals surface area contributed by atoms with Gasteiger partial charge < -0.3 is 13.7 Å². The van der Waals surface area contributed by atoms with Gasteiger partial charge in [-0.1, -0.05) is 109 Å². The number of fused-ring (bicyclic) bond motifs is 9. The smallest absolute Gasteiger partial charge is 0.227 e. The lowest BCUT2D eigenvalue weighted by molar-refractivity contribution is 0.623. The van der Waals surface area contributed by atoms with Crippen molar-refractivity contribution in [1.82, 2.24) is 4.98 Å². The number of rotatable bonds is 5. The summed E-state index contributed by atoms with van der Waals surface area (Å²) < 4.78 is 13.0. The normalized spacial score (nSPS) is 11.8. The predicted octanol–water partition coefficient (Wildman–Crippen LogP) is 14.0.